The molecule has 35 heavy (non-hydrogen) atoms. The molecule has 4 aliphatic carbocycles. The minimum Gasteiger partial charge on any atom is -0.434 e. The summed E-state index contributed by atoms with van der Waals surface area (Å²) in [7, 11) is 0. The van der Waals surface area contributed by atoms with E-state index >= 15 is 0 Å². The molecule has 0 saturated heterocycles. The molecule has 0 aromatic rings. The van der Waals surface area contributed by atoms with Gasteiger partial charge in [0.25, 0.3) is 0 Å². The molecule has 4 aliphatic rings. The molecule has 0 aliphatic heterocycles. The van der Waals surface area contributed by atoms with Gasteiger partial charge in [0.1, 0.15) is 6.10 Å². The number of ether oxygens (including phenoxy) is 2. The van der Waals surface area contributed by atoms with E-state index in [0.717, 1.165) is 48.3 Å². The lowest BCUT2D eigenvalue weighted by atomic mass is 9.44. The highest BCUT2D eigenvalue weighted by molar-refractivity contribution is 5.60. The number of hydrogen-bond donors (Lipinski definition) is 0. The van der Waals surface area contributed by atoms with Crippen molar-refractivity contribution in [1.82, 2.24) is 0 Å². The fourth-order valence-corrected chi connectivity index (χ4v) is 9.75. The lowest BCUT2D eigenvalue weighted by Gasteiger charge is -2.61. The molecule has 0 N–H and O–H groups in total. The summed E-state index contributed by atoms with van der Waals surface area (Å²) >= 11 is 0. The van der Waals surface area contributed by atoms with Gasteiger partial charge < -0.3 is 9.47 Å². The van der Waals surface area contributed by atoms with Gasteiger partial charge in [0.15, 0.2) is 0 Å². The Bertz CT molecular complexity index is 730. The number of rotatable bonds is 9. The Morgan fingerprint density at radius 2 is 1.71 bits per heavy atom. The third kappa shape index (κ3) is 5.49. The summed E-state index contributed by atoms with van der Waals surface area (Å²) in [6, 6.07) is 0. The molecule has 4 fully saturated rings. The van der Waals surface area contributed by atoms with E-state index in [-0.39, 0.29) is 6.10 Å². The summed E-state index contributed by atoms with van der Waals surface area (Å²) in [5.74, 6) is 6.07. The van der Waals surface area contributed by atoms with E-state index in [4.69, 9.17) is 9.47 Å². The van der Waals surface area contributed by atoms with Crippen molar-refractivity contribution in [1.29, 1.82) is 0 Å². The Morgan fingerprint density at radius 1 is 0.971 bits per heavy atom. The van der Waals surface area contributed by atoms with Gasteiger partial charge in [0, 0.05) is 0 Å². The van der Waals surface area contributed by atoms with Crippen LogP contribution >= 0.6 is 0 Å². The first-order chi connectivity index (χ1) is 16.7. The van der Waals surface area contributed by atoms with Crippen molar-refractivity contribution in [3.8, 4) is 0 Å². The summed E-state index contributed by atoms with van der Waals surface area (Å²) in [4.78, 5) is 12.1. The van der Waals surface area contributed by atoms with Crippen LogP contribution in [0, 0.1) is 52.3 Å². The molecule has 0 radical (unpaired) electrons. The van der Waals surface area contributed by atoms with Crippen LogP contribution in [0.4, 0.5) is 4.79 Å². The van der Waals surface area contributed by atoms with Crippen LogP contribution in [0.5, 0.6) is 0 Å². The van der Waals surface area contributed by atoms with Crippen molar-refractivity contribution in [3.05, 3.63) is 12.7 Å². The Kier molecular flexibility index (Phi) is 8.64. The first-order valence-electron chi connectivity index (χ1n) is 15.1. The third-order valence-electron chi connectivity index (χ3n) is 11.6. The van der Waals surface area contributed by atoms with Gasteiger partial charge in [-0.05, 0) is 116 Å². The Morgan fingerprint density at radius 3 is 2.46 bits per heavy atom. The molecule has 0 bridgehead atoms. The van der Waals surface area contributed by atoms with Gasteiger partial charge in [-0.15, -0.1) is 6.58 Å². The lowest BCUT2D eigenvalue weighted by molar-refractivity contribution is -0.132. The van der Waals surface area contributed by atoms with Crippen LogP contribution in [0.25, 0.3) is 0 Å². The van der Waals surface area contributed by atoms with Crippen LogP contribution in [-0.2, 0) is 9.47 Å². The van der Waals surface area contributed by atoms with E-state index in [0.29, 0.717) is 29.8 Å². The molecule has 9 atom stereocenters. The van der Waals surface area contributed by atoms with Crippen molar-refractivity contribution in [2.75, 3.05) is 6.61 Å². The average Bonchev–Trinajstić information content (AvgIpc) is 3.16. The van der Waals surface area contributed by atoms with E-state index in [1.54, 1.807) is 6.08 Å². The lowest BCUT2D eigenvalue weighted by Crippen LogP contribution is -2.54. The highest BCUT2D eigenvalue weighted by Gasteiger charge is 2.60. The maximum atomic E-state index is 12.1. The van der Waals surface area contributed by atoms with Crippen LogP contribution < -0.4 is 0 Å². The molecule has 0 aromatic carbocycles. The zero-order chi connectivity index (χ0) is 25.2. The molecule has 0 amide bonds. The molecular weight excluding hydrogens is 432 g/mol. The highest BCUT2D eigenvalue weighted by atomic mass is 16.7. The molecule has 0 spiro atoms. The number of fused-ring (bicyclic) bond motifs is 5. The van der Waals surface area contributed by atoms with Gasteiger partial charge in [0.2, 0.25) is 0 Å². The Labute approximate surface area is 216 Å². The monoisotopic (exact) mass is 486 g/mol. The summed E-state index contributed by atoms with van der Waals surface area (Å²) in [5.41, 5.74) is 0.995. The SMILES string of the molecule is C=CCCOC(=O)OC1CCC2(C)C(CCC3C2CCC2(C)C3CCC2[C@@H](C)CCCC(C)C)C1. The molecule has 3 nitrogen and oxygen atoms in total. The van der Waals surface area contributed by atoms with Crippen LogP contribution in [-0.4, -0.2) is 18.9 Å². The van der Waals surface area contributed by atoms with Crippen LogP contribution in [0.3, 0.4) is 0 Å². The number of hydrogen-bond acceptors (Lipinski definition) is 3. The zero-order valence-corrected chi connectivity index (χ0v) is 23.5. The van der Waals surface area contributed by atoms with Gasteiger partial charge in [-0.1, -0.05) is 60.0 Å². The summed E-state index contributed by atoms with van der Waals surface area (Å²) < 4.78 is 11.0. The molecule has 3 heteroatoms. The predicted molar refractivity (Wildman–Crippen MR) is 144 cm³/mol. The standard InChI is InChI=1S/C32H54O3/c1-7-8-20-34-30(33)35-25-16-18-31(5)24(21-25)12-13-26-28-15-14-27(23(4)11-9-10-22(2)3)32(28,6)19-17-29(26)31/h7,22-29H,1,8-21H2,2-6H3/t23-,24?,25?,26?,27?,28?,29?,31?,32?/m0/s1. The molecule has 200 valence electrons. The number of carbonyl (C=O) groups is 1. The van der Waals surface area contributed by atoms with E-state index in [1.807, 2.05) is 0 Å². The maximum Gasteiger partial charge on any atom is 0.508 e. The summed E-state index contributed by atoms with van der Waals surface area (Å²) in [5, 5.41) is 0. The van der Waals surface area contributed by atoms with Gasteiger partial charge in [-0.2, -0.15) is 0 Å². The molecule has 8 unspecified atom stereocenters. The van der Waals surface area contributed by atoms with Gasteiger partial charge in [-0.25, -0.2) is 4.79 Å². The Balaban J connectivity index is 1.36. The minimum atomic E-state index is -0.484. The second kappa shape index (κ2) is 11.2. The minimum absolute atomic E-state index is 0.0391. The van der Waals surface area contributed by atoms with E-state index in [2.05, 4.69) is 41.2 Å². The predicted octanol–water partition coefficient (Wildman–Crippen LogP) is 9.21. The van der Waals surface area contributed by atoms with Gasteiger partial charge in [0.05, 0.1) is 6.61 Å². The normalized spacial score (nSPS) is 41.4. The van der Waals surface area contributed by atoms with Crippen molar-refractivity contribution >= 4 is 6.16 Å². The second-order valence-corrected chi connectivity index (χ2v) is 13.9. The van der Waals surface area contributed by atoms with Crippen LogP contribution in [0.15, 0.2) is 12.7 Å². The van der Waals surface area contributed by atoms with Crippen molar-refractivity contribution < 1.29 is 14.3 Å². The van der Waals surface area contributed by atoms with Gasteiger partial charge >= 0.3 is 6.16 Å². The molecule has 4 rings (SSSR count). The first kappa shape index (κ1) is 27.1. The third-order valence-corrected chi connectivity index (χ3v) is 11.6. The fourth-order valence-electron chi connectivity index (χ4n) is 9.75. The largest absolute Gasteiger partial charge is 0.508 e. The Hall–Kier alpha value is -0.990. The van der Waals surface area contributed by atoms with Crippen molar-refractivity contribution in [2.24, 2.45) is 52.3 Å². The molecule has 0 aromatic heterocycles. The summed E-state index contributed by atoms with van der Waals surface area (Å²) in [6.07, 6.45) is 18.0. The van der Waals surface area contributed by atoms with Crippen LogP contribution in [0.2, 0.25) is 0 Å². The molecule has 4 saturated carbocycles. The smallest absolute Gasteiger partial charge is 0.434 e. The second-order valence-electron chi connectivity index (χ2n) is 13.9. The maximum absolute atomic E-state index is 12.1. The quantitative estimate of drug-likeness (QED) is 0.185. The van der Waals surface area contributed by atoms with Crippen molar-refractivity contribution in [2.45, 2.75) is 124 Å². The van der Waals surface area contributed by atoms with E-state index in [9.17, 15) is 4.79 Å². The molecule has 0 heterocycles. The fraction of sp³-hybridized carbons (Fsp3) is 0.906. The zero-order valence-electron chi connectivity index (χ0n) is 23.5. The topological polar surface area (TPSA) is 35.5 Å². The van der Waals surface area contributed by atoms with Gasteiger partial charge in [-0.3, -0.25) is 0 Å². The summed E-state index contributed by atoms with van der Waals surface area (Å²) in [6.45, 7) is 16.7. The molecular formula is C32H54O3. The van der Waals surface area contributed by atoms with E-state index in [1.165, 1.54) is 64.2 Å². The first-order valence-corrected chi connectivity index (χ1v) is 15.1. The highest BCUT2D eigenvalue weighted by Crippen LogP contribution is 2.68. The van der Waals surface area contributed by atoms with Crippen molar-refractivity contribution in [3.63, 3.8) is 0 Å². The van der Waals surface area contributed by atoms with E-state index < -0.39 is 6.16 Å². The number of carbonyl (C=O) groups excluding carboxylic acids is 1. The average molecular weight is 487 g/mol. The van der Waals surface area contributed by atoms with Crippen LogP contribution in [0.1, 0.15) is 118 Å².